The number of aromatic nitrogens is 2. The van der Waals surface area contributed by atoms with E-state index in [1.54, 1.807) is 19.2 Å². The minimum Gasteiger partial charge on any atom is -0.438 e. The lowest BCUT2D eigenvalue weighted by molar-refractivity contribution is 0.449. The standard InChI is InChI=1S/C12H11BrFN3OS/c1-15-10-6-11(17-12(16-10)19-2)18-9-5-7(14)3-4-8(9)13/h3-6H,1-2H3,(H,15,16,17). The summed E-state index contributed by atoms with van der Waals surface area (Å²) in [5.74, 6) is 0.996. The van der Waals surface area contributed by atoms with Gasteiger partial charge in [-0.2, -0.15) is 4.98 Å². The van der Waals surface area contributed by atoms with Gasteiger partial charge in [0, 0.05) is 19.2 Å². The molecule has 2 aromatic rings. The van der Waals surface area contributed by atoms with Crippen molar-refractivity contribution in [3.05, 3.63) is 34.6 Å². The first-order chi connectivity index (χ1) is 9.12. The smallest absolute Gasteiger partial charge is 0.225 e. The number of hydrogen-bond donors (Lipinski definition) is 1. The predicted octanol–water partition coefficient (Wildman–Crippen LogP) is 3.93. The monoisotopic (exact) mass is 343 g/mol. The Balaban J connectivity index is 2.34. The molecule has 0 saturated carbocycles. The van der Waals surface area contributed by atoms with Crippen LogP contribution in [-0.4, -0.2) is 23.3 Å². The lowest BCUT2D eigenvalue weighted by Gasteiger charge is -2.09. The Morgan fingerprint density at radius 3 is 2.79 bits per heavy atom. The van der Waals surface area contributed by atoms with Crippen molar-refractivity contribution in [1.29, 1.82) is 0 Å². The fourth-order valence-electron chi connectivity index (χ4n) is 1.34. The van der Waals surface area contributed by atoms with E-state index in [4.69, 9.17) is 4.74 Å². The van der Waals surface area contributed by atoms with Crippen LogP contribution < -0.4 is 10.1 Å². The third-order valence-corrected chi connectivity index (χ3v) is 3.43. The van der Waals surface area contributed by atoms with Crippen LogP contribution in [0.4, 0.5) is 10.2 Å². The van der Waals surface area contributed by atoms with E-state index in [0.717, 1.165) is 0 Å². The van der Waals surface area contributed by atoms with Crippen LogP contribution >= 0.6 is 27.7 Å². The highest BCUT2D eigenvalue weighted by molar-refractivity contribution is 9.10. The average molecular weight is 344 g/mol. The molecule has 0 spiro atoms. The molecule has 1 aromatic heterocycles. The quantitative estimate of drug-likeness (QED) is 0.673. The molecule has 0 aliphatic carbocycles. The van der Waals surface area contributed by atoms with E-state index in [9.17, 15) is 4.39 Å². The van der Waals surface area contributed by atoms with Gasteiger partial charge in [0.2, 0.25) is 5.88 Å². The molecule has 0 aliphatic rings. The summed E-state index contributed by atoms with van der Waals surface area (Å²) in [5.41, 5.74) is 0. The Bertz CT molecular complexity index is 575. The van der Waals surface area contributed by atoms with E-state index in [1.807, 2.05) is 6.26 Å². The Kier molecular flexibility index (Phi) is 4.60. The Morgan fingerprint density at radius 2 is 2.11 bits per heavy atom. The molecule has 0 radical (unpaired) electrons. The van der Waals surface area contributed by atoms with Crippen LogP contribution in [0.2, 0.25) is 0 Å². The number of nitrogens with one attached hydrogen (secondary N) is 1. The van der Waals surface area contributed by atoms with Crippen LogP contribution in [0.1, 0.15) is 0 Å². The van der Waals surface area contributed by atoms with Gasteiger partial charge in [-0.3, -0.25) is 0 Å². The summed E-state index contributed by atoms with van der Waals surface area (Å²) in [6, 6.07) is 5.88. The molecule has 0 aliphatic heterocycles. The summed E-state index contributed by atoms with van der Waals surface area (Å²) >= 11 is 4.71. The second-order valence-corrected chi connectivity index (χ2v) is 5.13. The summed E-state index contributed by atoms with van der Waals surface area (Å²) in [6.07, 6.45) is 1.87. The number of thioether (sulfide) groups is 1. The number of rotatable bonds is 4. The summed E-state index contributed by atoms with van der Waals surface area (Å²) in [7, 11) is 1.76. The van der Waals surface area contributed by atoms with Gasteiger partial charge in [-0.25, -0.2) is 9.37 Å². The van der Waals surface area contributed by atoms with Crippen molar-refractivity contribution < 1.29 is 9.13 Å². The molecule has 4 nitrogen and oxygen atoms in total. The highest BCUT2D eigenvalue weighted by Crippen LogP contribution is 2.30. The van der Waals surface area contributed by atoms with Crippen molar-refractivity contribution in [2.24, 2.45) is 0 Å². The minimum absolute atomic E-state index is 0.356. The first kappa shape index (κ1) is 14.1. The van der Waals surface area contributed by atoms with E-state index in [2.05, 4.69) is 31.2 Å². The molecule has 7 heteroatoms. The predicted molar refractivity (Wildman–Crippen MR) is 77.5 cm³/mol. The SMILES string of the molecule is CNc1cc(Oc2cc(F)ccc2Br)nc(SC)n1. The largest absolute Gasteiger partial charge is 0.438 e. The molecule has 0 atom stereocenters. The van der Waals surface area contributed by atoms with Crippen LogP contribution in [0.3, 0.4) is 0 Å². The van der Waals surface area contributed by atoms with Crippen molar-refractivity contribution in [2.75, 3.05) is 18.6 Å². The molecule has 19 heavy (non-hydrogen) atoms. The lowest BCUT2D eigenvalue weighted by Crippen LogP contribution is -1.98. The third kappa shape index (κ3) is 3.57. The van der Waals surface area contributed by atoms with Gasteiger partial charge in [0.25, 0.3) is 0 Å². The molecule has 100 valence electrons. The highest BCUT2D eigenvalue weighted by Gasteiger charge is 2.08. The number of ether oxygens (including phenoxy) is 1. The second kappa shape index (κ2) is 6.21. The van der Waals surface area contributed by atoms with Crippen molar-refractivity contribution in [3.8, 4) is 11.6 Å². The molecular weight excluding hydrogens is 333 g/mol. The molecule has 0 saturated heterocycles. The van der Waals surface area contributed by atoms with Crippen LogP contribution in [0.15, 0.2) is 33.9 Å². The molecule has 2 rings (SSSR count). The fourth-order valence-corrected chi connectivity index (χ4v) is 2.04. The third-order valence-electron chi connectivity index (χ3n) is 2.23. The number of nitrogens with zero attached hydrogens (tertiary/aromatic N) is 2. The van der Waals surface area contributed by atoms with Gasteiger partial charge < -0.3 is 10.1 Å². The maximum Gasteiger partial charge on any atom is 0.225 e. The molecular formula is C12H11BrFN3OS. The van der Waals surface area contributed by atoms with Crippen molar-refractivity contribution in [3.63, 3.8) is 0 Å². The fraction of sp³-hybridized carbons (Fsp3) is 0.167. The van der Waals surface area contributed by atoms with E-state index in [-0.39, 0.29) is 5.82 Å². The van der Waals surface area contributed by atoms with E-state index >= 15 is 0 Å². The normalized spacial score (nSPS) is 10.3. The Morgan fingerprint density at radius 1 is 1.32 bits per heavy atom. The molecule has 0 amide bonds. The van der Waals surface area contributed by atoms with Gasteiger partial charge in [-0.1, -0.05) is 11.8 Å². The summed E-state index contributed by atoms with van der Waals surface area (Å²) in [4.78, 5) is 8.44. The number of anilines is 1. The van der Waals surface area contributed by atoms with Gasteiger partial charge >= 0.3 is 0 Å². The molecule has 1 heterocycles. The van der Waals surface area contributed by atoms with E-state index in [1.165, 1.54) is 23.9 Å². The first-order valence-corrected chi connectivity index (χ1v) is 7.38. The summed E-state index contributed by atoms with van der Waals surface area (Å²) < 4.78 is 19.4. The second-order valence-electron chi connectivity index (χ2n) is 3.50. The number of halogens is 2. The van der Waals surface area contributed by atoms with Crippen molar-refractivity contribution >= 4 is 33.5 Å². The maximum absolute atomic E-state index is 13.2. The van der Waals surface area contributed by atoms with Gasteiger partial charge in [0.15, 0.2) is 5.16 Å². The van der Waals surface area contributed by atoms with Crippen LogP contribution in [0, 0.1) is 5.82 Å². The molecule has 0 unspecified atom stereocenters. The molecule has 0 fully saturated rings. The van der Waals surface area contributed by atoms with Crippen molar-refractivity contribution in [1.82, 2.24) is 9.97 Å². The van der Waals surface area contributed by atoms with E-state index in [0.29, 0.717) is 27.1 Å². The van der Waals surface area contributed by atoms with Gasteiger partial charge in [-0.05, 0) is 34.3 Å². The van der Waals surface area contributed by atoms with Crippen LogP contribution in [0.25, 0.3) is 0 Å². The first-order valence-electron chi connectivity index (χ1n) is 5.36. The molecule has 0 bridgehead atoms. The number of hydrogen-bond acceptors (Lipinski definition) is 5. The molecule has 1 N–H and O–H groups in total. The minimum atomic E-state index is -0.369. The zero-order chi connectivity index (χ0) is 13.8. The lowest BCUT2D eigenvalue weighted by atomic mass is 10.3. The number of benzene rings is 1. The Labute approximate surface area is 122 Å². The van der Waals surface area contributed by atoms with Gasteiger partial charge in [0.1, 0.15) is 17.4 Å². The maximum atomic E-state index is 13.2. The van der Waals surface area contributed by atoms with Crippen LogP contribution in [0.5, 0.6) is 11.6 Å². The Hall–Kier alpha value is -1.34. The van der Waals surface area contributed by atoms with E-state index < -0.39 is 0 Å². The zero-order valence-corrected chi connectivity index (χ0v) is 12.7. The van der Waals surface area contributed by atoms with Gasteiger partial charge in [0.05, 0.1) is 4.47 Å². The van der Waals surface area contributed by atoms with Crippen molar-refractivity contribution in [2.45, 2.75) is 5.16 Å². The topological polar surface area (TPSA) is 47.0 Å². The highest BCUT2D eigenvalue weighted by atomic mass is 79.9. The average Bonchev–Trinajstić information content (AvgIpc) is 2.42. The summed E-state index contributed by atoms with van der Waals surface area (Å²) in [6.45, 7) is 0. The van der Waals surface area contributed by atoms with Gasteiger partial charge in [-0.15, -0.1) is 0 Å². The molecule has 1 aromatic carbocycles. The van der Waals surface area contributed by atoms with Crippen LogP contribution in [-0.2, 0) is 0 Å². The zero-order valence-electron chi connectivity index (χ0n) is 10.3. The summed E-state index contributed by atoms with van der Waals surface area (Å²) in [5, 5.41) is 3.50.